The van der Waals surface area contributed by atoms with E-state index in [-0.39, 0.29) is 6.10 Å². The van der Waals surface area contributed by atoms with Gasteiger partial charge in [-0.3, -0.25) is 4.90 Å². The second-order valence-electron chi connectivity index (χ2n) is 7.40. The molecular formula is C22H26N4O2S. The lowest BCUT2D eigenvalue weighted by molar-refractivity contribution is 0.0792. The molecule has 3 aromatic rings. The highest BCUT2D eigenvalue weighted by atomic mass is 32.1. The Balaban J connectivity index is 1.22. The van der Waals surface area contributed by atoms with Crippen LogP contribution < -0.4 is 4.74 Å². The van der Waals surface area contributed by atoms with Crippen LogP contribution in [0, 0.1) is 0 Å². The van der Waals surface area contributed by atoms with Crippen molar-refractivity contribution < 1.29 is 9.84 Å². The summed E-state index contributed by atoms with van der Waals surface area (Å²) < 4.78 is 5.61. The molecule has 1 saturated heterocycles. The summed E-state index contributed by atoms with van der Waals surface area (Å²) in [5, 5.41) is 20.9. The minimum atomic E-state index is -0.115. The SMILES string of the molecule is OC1CCN(Cc2ccc(CCc3ccc(OCc4nccs4)nn3)cc2)CC1. The van der Waals surface area contributed by atoms with E-state index in [1.165, 1.54) is 11.1 Å². The first kappa shape index (κ1) is 19.9. The summed E-state index contributed by atoms with van der Waals surface area (Å²) in [5.41, 5.74) is 3.59. The van der Waals surface area contributed by atoms with Crippen molar-refractivity contribution in [3.8, 4) is 5.88 Å². The van der Waals surface area contributed by atoms with Crippen molar-refractivity contribution in [1.29, 1.82) is 0 Å². The molecule has 1 fully saturated rings. The lowest BCUT2D eigenvalue weighted by Crippen LogP contribution is -2.35. The number of hydrogen-bond donors (Lipinski definition) is 1. The summed E-state index contributed by atoms with van der Waals surface area (Å²) in [6, 6.07) is 12.7. The van der Waals surface area contributed by atoms with E-state index in [9.17, 15) is 5.11 Å². The normalized spacial score (nSPS) is 15.5. The van der Waals surface area contributed by atoms with Crippen molar-refractivity contribution in [2.45, 2.75) is 44.9 Å². The average Bonchev–Trinajstić information content (AvgIpc) is 3.28. The maximum atomic E-state index is 9.62. The number of thiazole rings is 1. The van der Waals surface area contributed by atoms with Gasteiger partial charge in [-0.25, -0.2) is 4.98 Å². The summed E-state index contributed by atoms with van der Waals surface area (Å²) in [5.74, 6) is 0.526. The van der Waals surface area contributed by atoms with E-state index in [1.807, 2.05) is 17.5 Å². The molecule has 7 heteroatoms. The third kappa shape index (κ3) is 6.06. The second-order valence-corrected chi connectivity index (χ2v) is 8.38. The van der Waals surface area contributed by atoms with Crippen molar-refractivity contribution in [3.63, 3.8) is 0 Å². The zero-order valence-electron chi connectivity index (χ0n) is 16.4. The molecule has 29 heavy (non-hydrogen) atoms. The van der Waals surface area contributed by atoms with Gasteiger partial charge in [-0.1, -0.05) is 24.3 Å². The summed E-state index contributed by atoms with van der Waals surface area (Å²) in [6.45, 7) is 3.34. The van der Waals surface area contributed by atoms with E-state index in [0.717, 1.165) is 56.0 Å². The fourth-order valence-corrected chi connectivity index (χ4v) is 3.96. The maximum Gasteiger partial charge on any atom is 0.233 e. The Hall–Kier alpha value is -2.35. The first-order chi connectivity index (χ1) is 14.2. The third-order valence-electron chi connectivity index (χ3n) is 5.18. The van der Waals surface area contributed by atoms with Gasteiger partial charge in [0, 0.05) is 37.3 Å². The number of aromatic nitrogens is 3. The smallest absolute Gasteiger partial charge is 0.233 e. The second kappa shape index (κ2) is 9.91. The molecule has 0 atom stereocenters. The van der Waals surface area contributed by atoms with Gasteiger partial charge in [0.1, 0.15) is 11.6 Å². The molecule has 0 spiro atoms. The summed E-state index contributed by atoms with van der Waals surface area (Å²) in [4.78, 5) is 6.60. The van der Waals surface area contributed by atoms with Crippen LogP contribution in [0.1, 0.15) is 34.7 Å². The number of likely N-dealkylation sites (tertiary alicyclic amines) is 1. The molecule has 1 aromatic carbocycles. The summed E-state index contributed by atoms with van der Waals surface area (Å²) in [7, 11) is 0. The molecule has 0 aliphatic carbocycles. The molecule has 1 aliphatic heterocycles. The van der Waals surface area contributed by atoms with Crippen LogP contribution in [0.25, 0.3) is 0 Å². The van der Waals surface area contributed by atoms with Gasteiger partial charge in [0.05, 0.1) is 11.8 Å². The molecule has 4 rings (SSSR count). The number of hydrogen-bond acceptors (Lipinski definition) is 7. The van der Waals surface area contributed by atoms with E-state index in [4.69, 9.17) is 4.74 Å². The Kier molecular flexibility index (Phi) is 6.82. The van der Waals surface area contributed by atoms with Crippen LogP contribution in [-0.4, -0.2) is 44.4 Å². The van der Waals surface area contributed by atoms with Gasteiger partial charge < -0.3 is 9.84 Å². The predicted molar refractivity (Wildman–Crippen MR) is 113 cm³/mol. The highest BCUT2D eigenvalue weighted by Crippen LogP contribution is 2.15. The molecule has 1 N–H and O–H groups in total. The third-order valence-corrected chi connectivity index (χ3v) is 5.93. The van der Waals surface area contributed by atoms with E-state index >= 15 is 0 Å². The van der Waals surface area contributed by atoms with Crippen LogP contribution in [0.3, 0.4) is 0 Å². The molecule has 0 amide bonds. The fourth-order valence-electron chi connectivity index (χ4n) is 3.44. The molecular weight excluding hydrogens is 384 g/mol. The Morgan fingerprint density at radius 1 is 1.00 bits per heavy atom. The average molecular weight is 411 g/mol. The van der Waals surface area contributed by atoms with Crippen molar-refractivity contribution in [1.82, 2.24) is 20.1 Å². The van der Waals surface area contributed by atoms with E-state index < -0.39 is 0 Å². The maximum absolute atomic E-state index is 9.62. The standard InChI is InChI=1S/C22H26N4O2S/c27-20-9-12-26(13-10-20)15-18-3-1-17(2-4-18)5-6-19-7-8-21(25-24-19)28-16-22-23-11-14-29-22/h1-4,7-8,11,14,20,27H,5-6,9-10,12-13,15-16H2. The number of nitrogens with zero attached hydrogens (tertiary/aromatic N) is 4. The quantitative estimate of drug-likeness (QED) is 0.615. The lowest BCUT2D eigenvalue weighted by atomic mass is 10.0. The monoisotopic (exact) mass is 410 g/mol. The number of ether oxygens (including phenoxy) is 1. The van der Waals surface area contributed by atoms with Crippen LogP contribution in [0.4, 0.5) is 0 Å². The van der Waals surface area contributed by atoms with Gasteiger partial charge in [0.2, 0.25) is 5.88 Å². The number of piperidine rings is 1. The highest BCUT2D eigenvalue weighted by Gasteiger charge is 2.16. The zero-order chi connectivity index (χ0) is 19.9. The van der Waals surface area contributed by atoms with Crippen molar-refractivity contribution in [2.75, 3.05) is 13.1 Å². The Morgan fingerprint density at radius 2 is 1.79 bits per heavy atom. The van der Waals surface area contributed by atoms with E-state index in [1.54, 1.807) is 17.5 Å². The minimum Gasteiger partial charge on any atom is -0.469 e. The van der Waals surface area contributed by atoms with Gasteiger partial charge in [0.15, 0.2) is 0 Å². The van der Waals surface area contributed by atoms with Gasteiger partial charge in [-0.15, -0.1) is 16.4 Å². The lowest BCUT2D eigenvalue weighted by Gasteiger charge is -2.29. The largest absolute Gasteiger partial charge is 0.469 e. The van der Waals surface area contributed by atoms with Crippen molar-refractivity contribution in [3.05, 3.63) is 69.8 Å². The first-order valence-electron chi connectivity index (χ1n) is 10.1. The molecule has 1 aliphatic rings. The number of aliphatic hydroxyl groups is 1. The summed E-state index contributed by atoms with van der Waals surface area (Å²) >= 11 is 1.56. The van der Waals surface area contributed by atoms with Crippen LogP contribution >= 0.6 is 11.3 Å². The van der Waals surface area contributed by atoms with Crippen LogP contribution in [-0.2, 0) is 26.0 Å². The van der Waals surface area contributed by atoms with Crippen LogP contribution in [0.15, 0.2) is 48.0 Å². The van der Waals surface area contributed by atoms with Crippen LogP contribution in [0.2, 0.25) is 0 Å². The van der Waals surface area contributed by atoms with E-state index in [0.29, 0.717) is 12.5 Å². The fraction of sp³-hybridized carbons (Fsp3) is 0.409. The van der Waals surface area contributed by atoms with Gasteiger partial charge in [-0.2, -0.15) is 5.10 Å². The topological polar surface area (TPSA) is 71.4 Å². The summed E-state index contributed by atoms with van der Waals surface area (Å²) in [6.07, 6.45) is 5.20. The van der Waals surface area contributed by atoms with Crippen LogP contribution in [0.5, 0.6) is 5.88 Å². The Morgan fingerprint density at radius 3 is 2.48 bits per heavy atom. The molecule has 0 radical (unpaired) electrons. The van der Waals surface area contributed by atoms with Gasteiger partial charge >= 0.3 is 0 Å². The van der Waals surface area contributed by atoms with Crippen molar-refractivity contribution in [2.24, 2.45) is 0 Å². The molecule has 152 valence electrons. The molecule has 0 bridgehead atoms. The first-order valence-corrected chi connectivity index (χ1v) is 10.9. The van der Waals surface area contributed by atoms with Crippen molar-refractivity contribution >= 4 is 11.3 Å². The molecule has 2 aromatic heterocycles. The van der Waals surface area contributed by atoms with Gasteiger partial charge in [-0.05, 0) is 42.9 Å². The Labute approximate surface area is 175 Å². The minimum absolute atomic E-state index is 0.115. The zero-order valence-corrected chi connectivity index (χ0v) is 17.2. The highest BCUT2D eigenvalue weighted by molar-refractivity contribution is 7.09. The van der Waals surface area contributed by atoms with E-state index in [2.05, 4.69) is 44.3 Å². The molecule has 6 nitrogen and oxygen atoms in total. The number of rotatable bonds is 8. The Bertz CT molecular complexity index is 861. The number of aryl methyl sites for hydroxylation is 2. The number of aliphatic hydroxyl groups excluding tert-OH is 1. The van der Waals surface area contributed by atoms with Gasteiger partial charge in [0.25, 0.3) is 0 Å². The molecule has 0 saturated carbocycles. The molecule has 3 heterocycles. The molecule has 0 unspecified atom stereocenters. The predicted octanol–water partition coefficient (Wildman–Crippen LogP) is 3.25. The number of benzene rings is 1.